The molecule has 0 bridgehead atoms. The number of ether oxygens (including phenoxy) is 2. The Morgan fingerprint density at radius 1 is 0.812 bits per heavy atom. The van der Waals surface area contributed by atoms with Crippen LogP contribution in [0.25, 0.3) is 0 Å². The topological polar surface area (TPSA) is 180 Å². The van der Waals surface area contributed by atoms with Crippen molar-refractivity contribution in [2.24, 2.45) is 5.92 Å². The molecule has 0 aliphatic carbocycles. The smallest absolute Gasteiger partial charge is 0.326 e. The number of amides is 3. The van der Waals surface area contributed by atoms with Crippen LogP contribution in [0.1, 0.15) is 46.0 Å². The van der Waals surface area contributed by atoms with Crippen molar-refractivity contribution < 1.29 is 43.7 Å². The Balaban J connectivity index is 3.75. The van der Waals surface area contributed by atoms with E-state index in [2.05, 4.69) is 16.0 Å². The Bertz CT molecular complexity index is 613. The molecule has 0 aliphatic heterocycles. The Kier molecular flexibility index (Phi) is 16.4. The predicted molar refractivity (Wildman–Crippen MR) is 113 cm³/mol. The molecule has 0 spiro atoms. The SMILES string of the molecule is CC(=O)NCCCCC(NC(=O)COCCOCCNC(=O)CCC(C)C(=O)O)C(=O)O. The van der Waals surface area contributed by atoms with Crippen LogP contribution >= 0.6 is 0 Å². The second kappa shape index (κ2) is 17.9. The van der Waals surface area contributed by atoms with E-state index in [1.165, 1.54) is 13.8 Å². The monoisotopic (exact) mass is 461 g/mol. The number of nitrogens with one attached hydrogen (secondary N) is 3. The van der Waals surface area contributed by atoms with Gasteiger partial charge in [0.05, 0.1) is 25.7 Å². The molecule has 0 saturated carbocycles. The molecule has 3 amide bonds. The van der Waals surface area contributed by atoms with Crippen LogP contribution in [0.3, 0.4) is 0 Å². The van der Waals surface area contributed by atoms with Gasteiger partial charge < -0.3 is 35.6 Å². The first-order valence-electron chi connectivity index (χ1n) is 10.5. The van der Waals surface area contributed by atoms with Crippen LogP contribution < -0.4 is 16.0 Å². The van der Waals surface area contributed by atoms with Crippen molar-refractivity contribution in [3.05, 3.63) is 0 Å². The first-order chi connectivity index (χ1) is 15.1. The van der Waals surface area contributed by atoms with Gasteiger partial charge in [0.15, 0.2) is 0 Å². The zero-order valence-electron chi connectivity index (χ0n) is 18.7. The summed E-state index contributed by atoms with van der Waals surface area (Å²) in [6.07, 6.45) is 1.76. The highest BCUT2D eigenvalue weighted by molar-refractivity contribution is 5.84. The van der Waals surface area contributed by atoms with Crippen LogP contribution in [0.4, 0.5) is 0 Å². The number of unbranched alkanes of at least 4 members (excludes halogenated alkanes) is 1. The summed E-state index contributed by atoms with van der Waals surface area (Å²) in [4.78, 5) is 56.0. The molecule has 0 aromatic rings. The van der Waals surface area contributed by atoms with Gasteiger partial charge >= 0.3 is 11.9 Å². The van der Waals surface area contributed by atoms with E-state index in [9.17, 15) is 29.1 Å². The summed E-state index contributed by atoms with van der Waals surface area (Å²) in [5.41, 5.74) is 0. The average molecular weight is 462 g/mol. The third-order valence-electron chi connectivity index (χ3n) is 4.33. The maximum absolute atomic E-state index is 11.8. The predicted octanol–water partition coefficient (Wildman–Crippen LogP) is -0.487. The minimum Gasteiger partial charge on any atom is -0.481 e. The minimum absolute atomic E-state index is 0.117. The number of carbonyl (C=O) groups is 5. The number of aliphatic carboxylic acids is 2. The van der Waals surface area contributed by atoms with Gasteiger partial charge in [-0.1, -0.05) is 6.92 Å². The van der Waals surface area contributed by atoms with Gasteiger partial charge in [-0.3, -0.25) is 19.2 Å². The molecule has 184 valence electrons. The van der Waals surface area contributed by atoms with Crippen molar-refractivity contribution in [3.63, 3.8) is 0 Å². The quantitative estimate of drug-likeness (QED) is 0.159. The van der Waals surface area contributed by atoms with Gasteiger partial charge in [0, 0.05) is 26.4 Å². The zero-order valence-corrected chi connectivity index (χ0v) is 18.7. The summed E-state index contributed by atoms with van der Waals surface area (Å²) >= 11 is 0. The lowest BCUT2D eigenvalue weighted by atomic mass is 10.1. The standard InChI is InChI=1S/C20H35N3O9/c1-14(19(27)28)6-7-17(25)22-9-10-31-11-12-32-13-18(26)23-16(20(29)30)5-3-4-8-21-15(2)24/h14,16H,3-13H2,1-2H3,(H,21,24)(H,22,25)(H,23,26)(H,27,28)(H,29,30). The molecular weight excluding hydrogens is 426 g/mol. The molecule has 32 heavy (non-hydrogen) atoms. The second-order valence-electron chi connectivity index (χ2n) is 7.23. The number of carboxylic acid groups (broad SMARTS) is 2. The molecule has 5 N–H and O–H groups in total. The zero-order chi connectivity index (χ0) is 24.4. The van der Waals surface area contributed by atoms with Crippen LogP contribution in [-0.2, 0) is 33.4 Å². The van der Waals surface area contributed by atoms with E-state index < -0.39 is 29.8 Å². The lowest BCUT2D eigenvalue weighted by molar-refractivity contribution is -0.143. The summed E-state index contributed by atoms with van der Waals surface area (Å²) in [5.74, 6) is -3.61. The molecule has 2 unspecified atom stereocenters. The molecule has 0 radical (unpaired) electrons. The van der Waals surface area contributed by atoms with Crippen LogP contribution in [0, 0.1) is 5.92 Å². The van der Waals surface area contributed by atoms with Crippen LogP contribution in [0.5, 0.6) is 0 Å². The van der Waals surface area contributed by atoms with E-state index in [1.54, 1.807) is 0 Å². The molecule has 2 atom stereocenters. The number of hydrogen-bond acceptors (Lipinski definition) is 7. The third-order valence-corrected chi connectivity index (χ3v) is 4.33. The third kappa shape index (κ3) is 17.0. The van der Waals surface area contributed by atoms with E-state index in [4.69, 9.17) is 14.6 Å². The molecule has 0 rings (SSSR count). The van der Waals surface area contributed by atoms with Gasteiger partial charge in [0.1, 0.15) is 12.6 Å². The Labute approximate surface area is 187 Å². The van der Waals surface area contributed by atoms with E-state index in [0.29, 0.717) is 19.4 Å². The van der Waals surface area contributed by atoms with Crippen molar-refractivity contribution in [1.29, 1.82) is 0 Å². The molecule has 0 saturated heterocycles. The second-order valence-corrected chi connectivity index (χ2v) is 7.23. The molecule has 0 fully saturated rings. The largest absolute Gasteiger partial charge is 0.481 e. The van der Waals surface area contributed by atoms with Crippen LogP contribution in [-0.4, -0.2) is 85.4 Å². The Morgan fingerprint density at radius 2 is 1.50 bits per heavy atom. The van der Waals surface area contributed by atoms with Gasteiger partial charge in [-0.15, -0.1) is 0 Å². The highest BCUT2D eigenvalue weighted by Gasteiger charge is 2.19. The van der Waals surface area contributed by atoms with Crippen LogP contribution in [0.15, 0.2) is 0 Å². The molecule has 0 aromatic carbocycles. The fraction of sp³-hybridized carbons (Fsp3) is 0.750. The normalized spacial score (nSPS) is 12.4. The Hall–Kier alpha value is -2.73. The lowest BCUT2D eigenvalue weighted by Gasteiger charge is -2.14. The van der Waals surface area contributed by atoms with Gasteiger partial charge in [-0.25, -0.2) is 4.79 Å². The number of carboxylic acids is 2. The molecule has 0 heterocycles. The fourth-order valence-electron chi connectivity index (χ4n) is 2.44. The first-order valence-corrected chi connectivity index (χ1v) is 10.5. The van der Waals surface area contributed by atoms with E-state index >= 15 is 0 Å². The van der Waals surface area contributed by atoms with E-state index in [-0.39, 0.29) is 64.0 Å². The molecule has 0 aliphatic rings. The molecule has 12 nitrogen and oxygen atoms in total. The van der Waals surface area contributed by atoms with Gasteiger partial charge in [0.25, 0.3) is 0 Å². The summed E-state index contributed by atoms with van der Waals surface area (Å²) in [5, 5.41) is 25.6. The number of hydrogen-bond donors (Lipinski definition) is 5. The molecular formula is C20H35N3O9. The Morgan fingerprint density at radius 3 is 2.12 bits per heavy atom. The summed E-state index contributed by atoms with van der Waals surface area (Å²) in [6.45, 7) is 3.88. The van der Waals surface area contributed by atoms with E-state index in [1.807, 2.05) is 0 Å². The number of rotatable bonds is 19. The van der Waals surface area contributed by atoms with Crippen molar-refractivity contribution >= 4 is 29.7 Å². The minimum atomic E-state index is -1.14. The molecule has 12 heteroatoms. The lowest BCUT2D eigenvalue weighted by Crippen LogP contribution is -2.42. The summed E-state index contributed by atoms with van der Waals surface area (Å²) in [6, 6.07) is -1.03. The summed E-state index contributed by atoms with van der Waals surface area (Å²) in [7, 11) is 0. The van der Waals surface area contributed by atoms with Crippen molar-refractivity contribution in [2.45, 2.75) is 52.0 Å². The van der Waals surface area contributed by atoms with Crippen molar-refractivity contribution in [1.82, 2.24) is 16.0 Å². The average Bonchev–Trinajstić information content (AvgIpc) is 2.72. The first kappa shape index (κ1) is 29.3. The van der Waals surface area contributed by atoms with Gasteiger partial charge in [-0.2, -0.15) is 0 Å². The van der Waals surface area contributed by atoms with Crippen molar-refractivity contribution in [2.75, 3.05) is 39.5 Å². The maximum Gasteiger partial charge on any atom is 0.326 e. The number of carbonyl (C=O) groups excluding carboxylic acids is 3. The van der Waals surface area contributed by atoms with Gasteiger partial charge in [-0.05, 0) is 25.7 Å². The summed E-state index contributed by atoms with van der Waals surface area (Å²) < 4.78 is 10.4. The highest BCUT2D eigenvalue weighted by atomic mass is 16.5. The van der Waals surface area contributed by atoms with E-state index in [0.717, 1.165) is 0 Å². The van der Waals surface area contributed by atoms with Crippen LogP contribution in [0.2, 0.25) is 0 Å². The maximum atomic E-state index is 11.8. The highest BCUT2D eigenvalue weighted by Crippen LogP contribution is 2.04. The van der Waals surface area contributed by atoms with Crippen molar-refractivity contribution in [3.8, 4) is 0 Å². The molecule has 0 aromatic heterocycles. The fourth-order valence-corrected chi connectivity index (χ4v) is 2.44. The van der Waals surface area contributed by atoms with Gasteiger partial charge in [0.2, 0.25) is 17.7 Å².